The number of imidazole rings is 1. The molecule has 0 unspecified atom stereocenters. The summed E-state index contributed by atoms with van der Waals surface area (Å²) in [7, 11) is 0. The molecule has 0 aliphatic carbocycles. The molecule has 3 rings (SSSR count). The molecule has 2 aromatic rings. The van der Waals surface area contributed by atoms with Crippen molar-refractivity contribution in [1.29, 1.82) is 0 Å². The van der Waals surface area contributed by atoms with E-state index in [1.807, 2.05) is 4.57 Å². The molecule has 0 saturated carbocycles. The van der Waals surface area contributed by atoms with Crippen LogP contribution in [0.4, 0.5) is 10.3 Å². The molecule has 1 aliphatic rings. The van der Waals surface area contributed by atoms with Crippen LogP contribution in [-0.4, -0.2) is 22.0 Å². The number of aryl methyl sites for hydroxylation is 1. The topological polar surface area (TPSA) is 59.0 Å². The Morgan fingerprint density at radius 3 is 3.10 bits per heavy atom. The summed E-state index contributed by atoms with van der Waals surface area (Å²) in [5, 5.41) is 5.82. The summed E-state index contributed by atoms with van der Waals surface area (Å²) in [6.07, 6.45) is 2.73. The smallest absolute Gasteiger partial charge is 0.271 e. The molecule has 0 radical (unpaired) electrons. The second-order valence-electron chi connectivity index (χ2n) is 4.70. The first kappa shape index (κ1) is 12.7. The minimum Gasteiger partial charge on any atom is -0.356 e. The molecule has 6 heteroatoms. The molecule has 1 aromatic heterocycles. The van der Waals surface area contributed by atoms with E-state index in [1.165, 1.54) is 6.07 Å². The minimum atomic E-state index is -0.321. The lowest BCUT2D eigenvalue weighted by Gasteiger charge is -2.14. The van der Waals surface area contributed by atoms with Crippen LogP contribution in [-0.2, 0) is 13.1 Å². The largest absolute Gasteiger partial charge is 0.356 e. The number of nitrogens with zero attached hydrogens (tertiary/aromatic N) is 2. The van der Waals surface area contributed by atoms with Crippen LogP contribution in [0.1, 0.15) is 22.5 Å². The molecule has 0 bridgehead atoms. The molecule has 20 heavy (non-hydrogen) atoms. The second kappa shape index (κ2) is 5.32. The van der Waals surface area contributed by atoms with Crippen molar-refractivity contribution in [1.82, 2.24) is 14.9 Å². The van der Waals surface area contributed by atoms with E-state index in [4.69, 9.17) is 0 Å². The first-order valence-corrected chi connectivity index (χ1v) is 6.57. The van der Waals surface area contributed by atoms with Crippen molar-refractivity contribution in [3.63, 3.8) is 0 Å². The quantitative estimate of drug-likeness (QED) is 0.896. The van der Waals surface area contributed by atoms with Gasteiger partial charge in [0.1, 0.15) is 11.5 Å². The zero-order chi connectivity index (χ0) is 13.9. The number of hydrogen-bond acceptors (Lipinski definition) is 3. The number of amides is 1. The van der Waals surface area contributed by atoms with Gasteiger partial charge >= 0.3 is 0 Å². The summed E-state index contributed by atoms with van der Waals surface area (Å²) >= 11 is 0. The number of anilines is 1. The summed E-state index contributed by atoms with van der Waals surface area (Å²) in [4.78, 5) is 16.2. The Kier molecular flexibility index (Phi) is 3.37. The Morgan fingerprint density at radius 1 is 1.45 bits per heavy atom. The number of fused-ring (bicyclic) bond motifs is 1. The summed E-state index contributed by atoms with van der Waals surface area (Å²) in [6.45, 7) is 1.88. The average Bonchev–Trinajstić information content (AvgIpc) is 2.90. The molecular weight excluding hydrogens is 259 g/mol. The molecule has 1 amide bonds. The van der Waals surface area contributed by atoms with Crippen molar-refractivity contribution in [3.05, 3.63) is 47.5 Å². The third-order valence-electron chi connectivity index (χ3n) is 3.27. The van der Waals surface area contributed by atoms with Gasteiger partial charge in [0.2, 0.25) is 5.95 Å². The number of rotatable bonds is 3. The maximum absolute atomic E-state index is 13.4. The highest BCUT2D eigenvalue weighted by molar-refractivity contribution is 5.92. The Labute approximate surface area is 115 Å². The van der Waals surface area contributed by atoms with Crippen molar-refractivity contribution >= 4 is 11.9 Å². The van der Waals surface area contributed by atoms with Crippen LogP contribution in [0, 0.1) is 5.82 Å². The molecular formula is C14H15FN4O. The molecule has 1 aliphatic heterocycles. The van der Waals surface area contributed by atoms with Crippen LogP contribution in [0.15, 0.2) is 30.5 Å². The van der Waals surface area contributed by atoms with Gasteiger partial charge in [0.15, 0.2) is 0 Å². The van der Waals surface area contributed by atoms with Crippen molar-refractivity contribution < 1.29 is 9.18 Å². The summed E-state index contributed by atoms with van der Waals surface area (Å²) in [5.74, 6) is 0.0999. The molecule has 0 fully saturated rings. The predicted molar refractivity (Wildman–Crippen MR) is 72.9 cm³/mol. The van der Waals surface area contributed by atoms with Gasteiger partial charge < -0.3 is 15.2 Å². The third-order valence-corrected chi connectivity index (χ3v) is 3.27. The van der Waals surface area contributed by atoms with Gasteiger partial charge in [0.05, 0.1) is 0 Å². The molecule has 1 aromatic carbocycles. The van der Waals surface area contributed by atoms with Gasteiger partial charge in [-0.3, -0.25) is 4.79 Å². The molecule has 0 saturated heterocycles. The highest BCUT2D eigenvalue weighted by Crippen LogP contribution is 2.14. The van der Waals surface area contributed by atoms with E-state index in [2.05, 4.69) is 15.6 Å². The Balaban J connectivity index is 1.67. The van der Waals surface area contributed by atoms with Gasteiger partial charge in [0.25, 0.3) is 5.91 Å². The first-order chi connectivity index (χ1) is 9.74. The summed E-state index contributed by atoms with van der Waals surface area (Å²) < 4.78 is 15.4. The van der Waals surface area contributed by atoms with Gasteiger partial charge in [-0.1, -0.05) is 18.2 Å². The van der Waals surface area contributed by atoms with Gasteiger partial charge in [-0.15, -0.1) is 0 Å². The van der Waals surface area contributed by atoms with Crippen molar-refractivity contribution in [2.24, 2.45) is 0 Å². The van der Waals surface area contributed by atoms with Gasteiger partial charge in [0, 0.05) is 31.4 Å². The number of carbonyl (C=O) groups excluding carboxylic acids is 1. The SMILES string of the molecule is O=C(NCc1ccccc1F)c1cn2c(n1)NCCC2. The highest BCUT2D eigenvalue weighted by Gasteiger charge is 2.16. The standard InChI is InChI=1S/C14H15FN4O/c15-11-5-2-1-4-10(11)8-17-13(20)12-9-19-7-3-6-16-14(19)18-12/h1-2,4-5,9H,3,6-8H2,(H,16,18)(H,17,20). The summed E-state index contributed by atoms with van der Waals surface area (Å²) in [5.41, 5.74) is 0.814. The highest BCUT2D eigenvalue weighted by atomic mass is 19.1. The fourth-order valence-corrected chi connectivity index (χ4v) is 2.19. The Hall–Kier alpha value is -2.37. The number of nitrogens with one attached hydrogen (secondary N) is 2. The lowest BCUT2D eigenvalue weighted by Crippen LogP contribution is -2.23. The van der Waals surface area contributed by atoms with Crippen LogP contribution in [0.3, 0.4) is 0 Å². The van der Waals surface area contributed by atoms with Crippen LogP contribution < -0.4 is 10.6 Å². The van der Waals surface area contributed by atoms with E-state index in [0.29, 0.717) is 17.2 Å². The van der Waals surface area contributed by atoms with E-state index in [1.54, 1.807) is 24.4 Å². The lowest BCUT2D eigenvalue weighted by molar-refractivity contribution is 0.0946. The zero-order valence-electron chi connectivity index (χ0n) is 10.9. The Bertz CT molecular complexity index is 614. The normalized spacial score (nSPS) is 13.4. The molecule has 104 valence electrons. The maximum atomic E-state index is 13.4. The lowest BCUT2D eigenvalue weighted by atomic mass is 10.2. The molecule has 0 atom stereocenters. The number of carbonyl (C=O) groups is 1. The third kappa shape index (κ3) is 2.49. The van der Waals surface area contributed by atoms with E-state index in [-0.39, 0.29) is 18.3 Å². The van der Waals surface area contributed by atoms with Crippen molar-refractivity contribution in [3.8, 4) is 0 Å². The first-order valence-electron chi connectivity index (χ1n) is 6.57. The van der Waals surface area contributed by atoms with Crippen molar-refractivity contribution in [2.75, 3.05) is 11.9 Å². The predicted octanol–water partition coefficient (Wildman–Crippen LogP) is 1.77. The number of hydrogen-bond donors (Lipinski definition) is 2. The monoisotopic (exact) mass is 274 g/mol. The van der Waals surface area contributed by atoms with Crippen LogP contribution >= 0.6 is 0 Å². The van der Waals surface area contributed by atoms with Gasteiger partial charge in [-0.05, 0) is 12.5 Å². The maximum Gasteiger partial charge on any atom is 0.271 e. The molecule has 2 N–H and O–H groups in total. The molecule has 0 spiro atoms. The number of halogens is 1. The van der Waals surface area contributed by atoms with Gasteiger partial charge in [-0.25, -0.2) is 9.37 Å². The van der Waals surface area contributed by atoms with Crippen LogP contribution in [0.5, 0.6) is 0 Å². The molecule has 2 heterocycles. The molecule has 5 nitrogen and oxygen atoms in total. The van der Waals surface area contributed by atoms with Crippen molar-refractivity contribution in [2.45, 2.75) is 19.5 Å². The fourth-order valence-electron chi connectivity index (χ4n) is 2.19. The van der Waals surface area contributed by atoms with Crippen LogP contribution in [0.25, 0.3) is 0 Å². The van der Waals surface area contributed by atoms with E-state index >= 15 is 0 Å². The summed E-state index contributed by atoms with van der Waals surface area (Å²) in [6, 6.07) is 6.38. The zero-order valence-corrected chi connectivity index (χ0v) is 10.9. The van der Waals surface area contributed by atoms with Crippen LogP contribution in [0.2, 0.25) is 0 Å². The van der Waals surface area contributed by atoms with Gasteiger partial charge in [-0.2, -0.15) is 0 Å². The fraction of sp³-hybridized carbons (Fsp3) is 0.286. The average molecular weight is 274 g/mol. The van der Waals surface area contributed by atoms with E-state index in [9.17, 15) is 9.18 Å². The number of aromatic nitrogens is 2. The van der Waals surface area contributed by atoms with E-state index in [0.717, 1.165) is 19.5 Å². The Morgan fingerprint density at radius 2 is 2.30 bits per heavy atom. The number of benzene rings is 1. The van der Waals surface area contributed by atoms with E-state index < -0.39 is 0 Å². The minimum absolute atomic E-state index is 0.154. The second-order valence-corrected chi connectivity index (χ2v) is 4.70.